The Labute approximate surface area is 129 Å². The van der Waals surface area contributed by atoms with Crippen LogP contribution < -0.4 is 10.1 Å². The normalized spacial score (nSPS) is 17.1. The number of carbonyl (C=O) groups is 2. The Morgan fingerprint density at radius 2 is 2.32 bits per heavy atom. The maximum absolute atomic E-state index is 12.1. The Bertz CT molecular complexity index is 541. The molecule has 1 N–H and O–H groups in total. The van der Waals surface area contributed by atoms with Gasteiger partial charge >= 0.3 is 5.97 Å². The summed E-state index contributed by atoms with van der Waals surface area (Å²) >= 11 is 0. The summed E-state index contributed by atoms with van der Waals surface area (Å²) in [6.07, 6.45) is 2.65. The number of pyridine rings is 1. The van der Waals surface area contributed by atoms with Gasteiger partial charge in [-0.3, -0.25) is 4.79 Å². The summed E-state index contributed by atoms with van der Waals surface area (Å²) in [4.78, 5) is 28.1. The molecule has 1 amide bonds. The zero-order chi connectivity index (χ0) is 15.9. The van der Waals surface area contributed by atoms with Gasteiger partial charge in [0, 0.05) is 19.6 Å². The third-order valence-electron chi connectivity index (χ3n) is 3.35. The van der Waals surface area contributed by atoms with Crippen molar-refractivity contribution in [3.05, 3.63) is 17.8 Å². The quantitative estimate of drug-likeness (QED) is 0.804. The van der Waals surface area contributed by atoms with Crippen LogP contribution >= 0.6 is 0 Å². The fourth-order valence-electron chi connectivity index (χ4n) is 2.21. The van der Waals surface area contributed by atoms with Gasteiger partial charge in [-0.05, 0) is 25.3 Å². The van der Waals surface area contributed by atoms with Gasteiger partial charge in [0.05, 0.1) is 19.9 Å². The van der Waals surface area contributed by atoms with Gasteiger partial charge in [0.15, 0.2) is 0 Å². The Kier molecular flexibility index (Phi) is 5.71. The van der Waals surface area contributed by atoms with Crippen LogP contribution in [-0.4, -0.2) is 43.8 Å². The lowest BCUT2D eigenvalue weighted by Crippen LogP contribution is -2.20. The van der Waals surface area contributed by atoms with E-state index in [2.05, 4.69) is 10.3 Å². The molecule has 0 saturated carbocycles. The van der Waals surface area contributed by atoms with Crippen molar-refractivity contribution < 1.29 is 23.8 Å². The third kappa shape index (κ3) is 4.17. The van der Waals surface area contributed by atoms with E-state index >= 15 is 0 Å². The van der Waals surface area contributed by atoms with Gasteiger partial charge in [-0.2, -0.15) is 0 Å². The van der Waals surface area contributed by atoms with Crippen LogP contribution in [0.1, 0.15) is 30.1 Å². The molecule has 0 spiro atoms. The zero-order valence-corrected chi connectivity index (χ0v) is 12.8. The van der Waals surface area contributed by atoms with Crippen molar-refractivity contribution in [3.8, 4) is 5.75 Å². The Hall–Kier alpha value is -2.15. The second-order valence-corrected chi connectivity index (χ2v) is 4.97. The molecule has 2 heterocycles. The Balaban J connectivity index is 2.10. The van der Waals surface area contributed by atoms with Crippen LogP contribution in [0.15, 0.2) is 12.3 Å². The molecule has 1 fully saturated rings. The number of carbonyl (C=O) groups excluding carboxylic acids is 2. The van der Waals surface area contributed by atoms with Gasteiger partial charge < -0.3 is 19.5 Å². The first kappa shape index (κ1) is 16.2. The number of amides is 1. The lowest BCUT2D eigenvalue weighted by atomic mass is 10.0. The van der Waals surface area contributed by atoms with E-state index < -0.39 is 5.97 Å². The van der Waals surface area contributed by atoms with Crippen molar-refractivity contribution in [2.24, 2.45) is 5.92 Å². The second kappa shape index (κ2) is 7.74. The van der Waals surface area contributed by atoms with Crippen LogP contribution in [0.5, 0.6) is 5.75 Å². The molecule has 22 heavy (non-hydrogen) atoms. The average molecular weight is 308 g/mol. The van der Waals surface area contributed by atoms with Crippen LogP contribution in [0.25, 0.3) is 0 Å². The SMILES string of the molecule is CCOC(=O)c1cc(OC)cnc1NC(=O)CC1CCOC1. The van der Waals surface area contributed by atoms with Crippen molar-refractivity contribution in [3.63, 3.8) is 0 Å². The molecular weight excluding hydrogens is 288 g/mol. The highest BCUT2D eigenvalue weighted by Gasteiger charge is 2.22. The van der Waals surface area contributed by atoms with E-state index in [0.717, 1.165) is 6.42 Å². The molecule has 0 bridgehead atoms. The van der Waals surface area contributed by atoms with Crippen LogP contribution in [0.3, 0.4) is 0 Å². The van der Waals surface area contributed by atoms with E-state index in [1.54, 1.807) is 6.92 Å². The molecule has 120 valence electrons. The Morgan fingerprint density at radius 3 is 2.95 bits per heavy atom. The number of esters is 1. The summed E-state index contributed by atoms with van der Waals surface area (Å²) in [7, 11) is 1.48. The van der Waals surface area contributed by atoms with Crippen molar-refractivity contribution in [2.45, 2.75) is 19.8 Å². The largest absolute Gasteiger partial charge is 0.495 e. The van der Waals surface area contributed by atoms with Crippen LogP contribution in [0.2, 0.25) is 0 Å². The van der Waals surface area contributed by atoms with Crippen molar-refractivity contribution in [2.75, 3.05) is 32.2 Å². The molecule has 1 aromatic rings. The molecule has 7 heteroatoms. The first-order valence-corrected chi connectivity index (χ1v) is 7.22. The molecular formula is C15H20N2O5. The van der Waals surface area contributed by atoms with Crippen molar-refractivity contribution in [1.82, 2.24) is 4.98 Å². The summed E-state index contributed by atoms with van der Waals surface area (Å²) in [5.74, 6) is 0.0739. The molecule has 0 radical (unpaired) electrons. The lowest BCUT2D eigenvalue weighted by Gasteiger charge is -2.12. The van der Waals surface area contributed by atoms with E-state index in [4.69, 9.17) is 14.2 Å². The van der Waals surface area contributed by atoms with E-state index in [0.29, 0.717) is 25.4 Å². The van der Waals surface area contributed by atoms with Crippen molar-refractivity contribution in [1.29, 1.82) is 0 Å². The molecule has 1 aliphatic heterocycles. The topological polar surface area (TPSA) is 86.8 Å². The predicted octanol–water partition coefficient (Wildman–Crippen LogP) is 1.63. The smallest absolute Gasteiger partial charge is 0.342 e. The lowest BCUT2D eigenvalue weighted by molar-refractivity contribution is -0.117. The fourth-order valence-corrected chi connectivity index (χ4v) is 2.21. The monoisotopic (exact) mass is 308 g/mol. The van der Waals surface area contributed by atoms with Gasteiger partial charge in [-0.15, -0.1) is 0 Å². The number of methoxy groups -OCH3 is 1. The van der Waals surface area contributed by atoms with Gasteiger partial charge in [-0.1, -0.05) is 0 Å². The molecule has 0 aliphatic carbocycles. The van der Waals surface area contributed by atoms with Crippen molar-refractivity contribution >= 4 is 17.7 Å². The summed E-state index contributed by atoms with van der Waals surface area (Å²) in [6.45, 7) is 3.23. The number of anilines is 1. The Morgan fingerprint density at radius 1 is 1.50 bits per heavy atom. The maximum atomic E-state index is 12.1. The van der Waals surface area contributed by atoms with Gasteiger partial charge in [0.1, 0.15) is 17.1 Å². The van der Waals surface area contributed by atoms with Gasteiger partial charge in [-0.25, -0.2) is 9.78 Å². The summed E-state index contributed by atoms with van der Waals surface area (Å²) < 4.78 is 15.3. The predicted molar refractivity (Wildman–Crippen MR) is 78.9 cm³/mol. The first-order valence-electron chi connectivity index (χ1n) is 7.22. The van der Waals surface area contributed by atoms with E-state index in [-0.39, 0.29) is 29.8 Å². The molecule has 2 rings (SSSR count). The summed E-state index contributed by atoms with van der Waals surface area (Å²) in [6, 6.07) is 1.50. The molecule has 1 atom stereocenters. The standard InChI is InChI=1S/C15H20N2O5/c1-3-22-15(19)12-7-11(20-2)8-16-14(12)17-13(18)6-10-4-5-21-9-10/h7-8,10H,3-6,9H2,1-2H3,(H,16,17,18). The molecule has 7 nitrogen and oxygen atoms in total. The minimum atomic E-state index is -0.548. The molecule has 0 aromatic carbocycles. The summed E-state index contributed by atoms with van der Waals surface area (Å²) in [5, 5.41) is 2.67. The summed E-state index contributed by atoms with van der Waals surface area (Å²) in [5.41, 5.74) is 0.178. The van der Waals surface area contributed by atoms with Gasteiger partial charge in [0.25, 0.3) is 0 Å². The number of hydrogen-bond donors (Lipinski definition) is 1. The first-order chi connectivity index (χ1) is 10.6. The van der Waals surface area contributed by atoms with Gasteiger partial charge in [0.2, 0.25) is 5.91 Å². The van der Waals surface area contributed by atoms with E-state index in [1.807, 2.05) is 0 Å². The number of nitrogens with one attached hydrogen (secondary N) is 1. The molecule has 1 aliphatic rings. The van der Waals surface area contributed by atoms with E-state index in [9.17, 15) is 9.59 Å². The highest BCUT2D eigenvalue weighted by atomic mass is 16.5. The molecule has 1 saturated heterocycles. The second-order valence-electron chi connectivity index (χ2n) is 4.97. The van der Waals surface area contributed by atoms with Crippen LogP contribution in [0, 0.1) is 5.92 Å². The number of nitrogens with zero attached hydrogens (tertiary/aromatic N) is 1. The van der Waals surface area contributed by atoms with E-state index in [1.165, 1.54) is 19.4 Å². The third-order valence-corrected chi connectivity index (χ3v) is 3.35. The average Bonchev–Trinajstić information content (AvgIpc) is 3.00. The highest BCUT2D eigenvalue weighted by Crippen LogP contribution is 2.22. The fraction of sp³-hybridized carbons (Fsp3) is 0.533. The zero-order valence-electron chi connectivity index (χ0n) is 12.8. The minimum absolute atomic E-state index is 0.178. The minimum Gasteiger partial charge on any atom is -0.495 e. The van der Waals surface area contributed by atoms with Crippen LogP contribution in [-0.2, 0) is 14.3 Å². The number of aromatic nitrogens is 1. The van der Waals surface area contributed by atoms with Crippen LogP contribution in [0.4, 0.5) is 5.82 Å². The molecule has 1 unspecified atom stereocenters. The maximum Gasteiger partial charge on any atom is 0.342 e. The number of ether oxygens (including phenoxy) is 3. The number of hydrogen-bond acceptors (Lipinski definition) is 6. The molecule has 1 aromatic heterocycles. The highest BCUT2D eigenvalue weighted by molar-refractivity contribution is 6.00. The number of rotatable bonds is 6.